The van der Waals surface area contributed by atoms with Crippen LogP contribution in [0.25, 0.3) is 0 Å². The third kappa shape index (κ3) is 3.72. The molecule has 1 aliphatic carbocycles. The Morgan fingerprint density at radius 2 is 1.93 bits per heavy atom. The quantitative estimate of drug-likeness (QED) is 0.201. The first-order valence-corrected chi connectivity index (χ1v) is 9.07. The zero-order chi connectivity index (χ0) is 20.0. The highest BCUT2D eigenvalue weighted by Crippen LogP contribution is 2.36. The molecule has 1 aliphatic heterocycles. The Morgan fingerprint density at radius 1 is 1.26 bits per heavy atom. The van der Waals surface area contributed by atoms with E-state index < -0.39 is 35.4 Å². The number of aliphatic carboxylic acids is 1. The predicted octanol–water partition coefficient (Wildman–Crippen LogP) is -2.34. The summed E-state index contributed by atoms with van der Waals surface area (Å²) >= 11 is 0. The Hall–Kier alpha value is -1.95. The maximum atomic E-state index is 12.1. The largest absolute Gasteiger partial charge is 0.480 e. The van der Waals surface area contributed by atoms with Gasteiger partial charge < -0.3 is 36.8 Å². The van der Waals surface area contributed by atoms with Gasteiger partial charge in [-0.2, -0.15) is 0 Å². The topological polar surface area (TPSA) is 179 Å². The third-order valence-electron chi connectivity index (χ3n) is 5.75. The van der Waals surface area contributed by atoms with Crippen molar-refractivity contribution >= 4 is 24.5 Å². The average Bonchev–Trinajstić information content (AvgIpc) is 3.23. The van der Waals surface area contributed by atoms with Crippen molar-refractivity contribution in [3.05, 3.63) is 20.4 Å². The molecule has 1 saturated carbocycles. The van der Waals surface area contributed by atoms with Crippen LogP contribution < -0.4 is 32.5 Å². The van der Waals surface area contributed by atoms with Gasteiger partial charge in [0.1, 0.15) is 16.9 Å². The highest BCUT2D eigenvalue weighted by molar-refractivity contribution is 6.40. The van der Waals surface area contributed by atoms with Gasteiger partial charge >= 0.3 is 13.1 Å². The van der Waals surface area contributed by atoms with Crippen LogP contribution in [-0.4, -0.2) is 59.0 Å². The Bertz CT molecular complexity index is 803. The summed E-state index contributed by atoms with van der Waals surface area (Å²) in [6.07, 6.45) is 2.55. The minimum Gasteiger partial charge on any atom is -0.480 e. The number of nitrogens with one attached hydrogen (secondary N) is 1. The summed E-state index contributed by atoms with van der Waals surface area (Å²) in [5.74, 6) is -1.68. The molecule has 1 heterocycles. The maximum Gasteiger partial charge on any atom is 0.451 e. The summed E-state index contributed by atoms with van der Waals surface area (Å²) in [6, 6.07) is 0. The molecule has 27 heavy (non-hydrogen) atoms. The molecule has 0 spiro atoms. The maximum absolute atomic E-state index is 12.1. The Morgan fingerprint density at radius 3 is 2.48 bits per heavy atom. The van der Waals surface area contributed by atoms with E-state index in [2.05, 4.69) is 5.32 Å². The number of rotatable bonds is 9. The highest BCUT2D eigenvalue weighted by Gasteiger charge is 2.51. The smallest absolute Gasteiger partial charge is 0.451 e. The SMILES string of the molecule is NC1(CNc2c(N3C[C@H](CCCB(O)O)[C@](N)(C(=O)O)C3)c(=O)c2=O)CC1. The van der Waals surface area contributed by atoms with Gasteiger partial charge in [-0.05, 0) is 25.6 Å². The van der Waals surface area contributed by atoms with Crippen molar-refractivity contribution < 1.29 is 19.9 Å². The molecule has 1 saturated heterocycles. The average molecular weight is 380 g/mol. The van der Waals surface area contributed by atoms with Crippen LogP contribution in [0.2, 0.25) is 6.32 Å². The number of nitrogens with zero attached hydrogens (tertiary/aromatic N) is 1. The van der Waals surface area contributed by atoms with Crippen molar-refractivity contribution in [2.75, 3.05) is 29.9 Å². The Balaban J connectivity index is 1.75. The van der Waals surface area contributed by atoms with Gasteiger partial charge in [-0.3, -0.25) is 14.4 Å². The van der Waals surface area contributed by atoms with E-state index in [-0.39, 0.29) is 36.3 Å². The number of carbonyl (C=O) groups is 1. The molecule has 0 radical (unpaired) electrons. The Labute approximate surface area is 156 Å². The van der Waals surface area contributed by atoms with Gasteiger partial charge in [0.25, 0.3) is 10.9 Å². The molecule has 1 aromatic rings. The molecular weight excluding hydrogens is 355 g/mol. The number of hydrogen-bond donors (Lipinski definition) is 6. The van der Waals surface area contributed by atoms with Crippen LogP contribution in [0.3, 0.4) is 0 Å². The highest BCUT2D eigenvalue weighted by atomic mass is 16.4. The zero-order valence-electron chi connectivity index (χ0n) is 15.0. The van der Waals surface area contributed by atoms with Crippen LogP contribution in [0.4, 0.5) is 11.4 Å². The van der Waals surface area contributed by atoms with E-state index in [9.17, 15) is 19.5 Å². The van der Waals surface area contributed by atoms with Crippen molar-refractivity contribution in [3.63, 3.8) is 0 Å². The fourth-order valence-electron chi connectivity index (χ4n) is 3.69. The van der Waals surface area contributed by atoms with Gasteiger partial charge in [0.2, 0.25) is 0 Å². The number of anilines is 2. The summed E-state index contributed by atoms with van der Waals surface area (Å²) < 4.78 is 0. The van der Waals surface area contributed by atoms with E-state index in [0.29, 0.717) is 19.4 Å². The van der Waals surface area contributed by atoms with Crippen molar-refractivity contribution in [3.8, 4) is 0 Å². The molecule has 148 valence electrons. The summed E-state index contributed by atoms with van der Waals surface area (Å²) in [5, 5.41) is 30.5. The molecule has 2 fully saturated rings. The molecule has 0 unspecified atom stereocenters. The first-order chi connectivity index (χ1) is 12.6. The number of hydrogen-bond acceptors (Lipinski definition) is 9. The van der Waals surface area contributed by atoms with Gasteiger partial charge in [0, 0.05) is 31.1 Å². The second-order valence-corrected chi connectivity index (χ2v) is 7.93. The molecule has 0 aromatic heterocycles. The van der Waals surface area contributed by atoms with E-state index in [1.54, 1.807) is 4.90 Å². The minimum atomic E-state index is -1.58. The van der Waals surface area contributed by atoms with E-state index in [0.717, 1.165) is 12.8 Å². The van der Waals surface area contributed by atoms with E-state index in [1.807, 2.05) is 0 Å². The van der Waals surface area contributed by atoms with Crippen molar-refractivity contribution in [1.29, 1.82) is 0 Å². The molecule has 8 N–H and O–H groups in total. The number of carboxylic acids is 1. The van der Waals surface area contributed by atoms with Gasteiger partial charge in [-0.1, -0.05) is 6.42 Å². The standard InChI is InChI=1S/C16H25BN4O6/c18-15(3-4-15)7-20-10-11(13(23)12(10)22)21-6-9(2-1-5-17(26)27)16(19,8-21)14(24)25/h9,20,26-27H,1-8,18-19H2,(H,24,25)/t9-,16-/m0/s1. The summed E-state index contributed by atoms with van der Waals surface area (Å²) in [5.41, 5.74) is 9.26. The normalized spacial score (nSPS) is 26.4. The molecule has 0 bridgehead atoms. The summed E-state index contributed by atoms with van der Waals surface area (Å²) in [4.78, 5) is 37.4. The fraction of sp³-hybridized carbons (Fsp3) is 0.688. The third-order valence-corrected chi connectivity index (χ3v) is 5.75. The van der Waals surface area contributed by atoms with Crippen molar-refractivity contribution in [2.45, 2.75) is 43.1 Å². The van der Waals surface area contributed by atoms with Crippen LogP contribution in [0.15, 0.2) is 9.59 Å². The molecule has 10 nitrogen and oxygen atoms in total. The fourth-order valence-corrected chi connectivity index (χ4v) is 3.69. The zero-order valence-corrected chi connectivity index (χ0v) is 15.0. The summed E-state index contributed by atoms with van der Waals surface area (Å²) in [6.45, 7) is 0.489. The van der Waals surface area contributed by atoms with E-state index in [4.69, 9.17) is 21.5 Å². The van der Waals surface area contributed by atoms with Crippen LogP contribution in [0, 0.1) is 5.92 Å². The van der Waals surface area contributed by atoms with Gasteiger partial charge in [-0.15, -0.1) is 0 Å². The molecule has 2 aliphatic rings. The number of carboxylic acid groups (broad SMARTS) is 1. The van der Waals surface area contributed by atoms with Gasteiger partial charge in [-0.25, -0.2) is 0 Å². The lowest BCUT2D eigenvalue weighted by Crippen LogP contribution is -2.55. The molecular formula is C16H25BN4O6. The lowest BCUT2D eigenvalue weighted by Gasteiger charge is -2.26. The van der Waals surface area contributed by atoms with Crippen LogP contribution in [-0.2, 0) is 4.79 Å². The molecule has 3 rings (SSSR count). The first-order valence-electron chi connectivity index (χ1n) is 9.07. The van der Waals surface area contributed by atoms with Crippen molar-refractivity contribution in [1.82, 2.24) is 0 Å². The lowest BCUT2D eigenvalue weighted by molar-refractivity contribution is -0.144. The molecule has 0 amide bonds. The second kappa shape index (κ2) is 6.90. The minimum absolute atomic E-state index is 0.0953. The van der Waals surface area contributed by atoms with Crippen LogP contribution >= 0.6 is 0 Å². The van der Waals surface area contributed by atoms with Crippen LogP contribution in [0.5, 0.6) is 0 Å². The number of nitrogens with two attached hydrogens (primary N) is 2. The summed E-state index contributed by atoms with van der Waals surface area (Å²) in [7, 11) is -1.46. The second-order valence-electron chi connectivity index (χ2n) is 7.93. The first kappa shape index (κ1) is 19.8. The Kier molecular flexibility index (Phi) is 5.06. The van der Waals surface area contributed by atoms with Gasteiger partial charge in [0.15, 0.2) is 0 Å². The molecule has 2 atom stereocenters. The van der Waals surface area contributed by atoms with E-state index in [1.165, 1.54) is 0 Å². The lowest BCUT2D eigenvalue weighted by atomic mass is 9.78. The van der Waals surface area contributed by atoms with Crippen molar-refractivity contribution in [2.24, 2.45) is 17.4 Å². The molecule has 1 aromatic carbocycles. The molecule has 11 heteroatoms. The van der Waals surface area contributed by atoms with Crippen LogP contribution in [0.1, 0.15) is 25.7 Å². The predicted molar refractivity (Wildman–Crippen MR) is 100 cm³/mol. The van der Waals surface area contributed by atoms with Gasteiger partial charge in [0.05, 0.1) is 0 Å². The monoisotopic (exact) mass is 380 g/mol. The van der Waals surface area contributed by atoms with E-state index >= 15 is 0 Å².